The van der Waals surface area contributed by atoms with E-state index < -0.39 is 5.97 Å². The van der Waals surface area contributed by atoms with E-state index in [1.165, 1.54) is 0 Å². The van der Waals surface area contributed by atoms with Crippen molar-refractivity contribution in [2.45, 2.75) is 0 Å². The van der Waals surface area contributed by atoms with E-state index in [9.17, 15) is 4.79 Å². The van der Waals surface area contributed by atoms with Crippen LogP contribution in [0.3, 0.4) is 0 Å². The molecular formula is C18H12BrNO5. The van der Waals surface area contributed by atoms with E-state index in [1.54, 1.807) is 37.5 Å². The number of rotatable bonds is 3. The van der Waals surface area contributed by atoms with Crippen molar-refractivity contribution in [1.29, 1.82) is 0 Å². The highest BCUT2D eigenvalue weighted by molar-refractivity contribution is 9.10. The van der Waals surface area contributed by atoms with Crippen LogP contribution >= 0.6 is 15.9 Å². The minimum Gasteiger partial charge on any atom is -0.496 e. The lowest BCUT2D eigenvalue weighted by Crippen LogP contribution is -2.05. The summed E-state index contributed by atoms with van der Waals surface area (Å²) in [6.45, 7) is 0.183. The summed E-state index contributed by atoms with van der Waals surface area (Å²) in [6.07, 6.45) is 1.66. The summed E-state index contributed by atoms with van der Waals surface area (Å²) in [5, 5.41) is 0. The van der Waals surface area contributed by atoms with Gasteiger partial charge in [-0.1, -0.05) is 6.07 Å². The predicted molar refractivity (Wildman–Crippen MR) is 93.9 cm³/mol. The van der Waals surface area contributed by atoms with Crippen LogP contribution < -0.4 is 14.2 Å². The molecule has 0 radical (unpaired) electrons. The van der Waals surface area contributed by atoms with Gasteiger partial charge in [0.1, 0.15) is 5.75 Å². The van der Waals surface area contributed by atoms with E-state index in [4.69, 9.17) is 18.9 Å². The molecule has 2 aliphatic rings. The maximum absolute atomic E-state index is 12.1. The van der Waals surface area contributed by atoms with Crippen LogP contribution in [-0.2, 0) is 9.53 Å². The first-order valence-corrected chi connectivity index (χ1v) is 8.19. The van der Waals surface area contributed by atoms with Gasteiger partial charge < -0.3 is 18.9 Å². The SMILES string of the molecule is COc1ccc(/C=C2\N=C(c3ccc4c(c3)OCO4)OC2=O)cc1Br. The molecule has 0 bridgehead atoms. The van der Waals surface area contributed by atoms with E-state index in [-0.39, 0.29) is 18.4 Å². The number of aliphatic imine (C=N–C) groups is 1. The zero-order valence-corrected chi connectivity index (χ0v) is 14.7. The number of hydrogen-bond acceptors (Lipinski definition) is 6. The molecule has 0 aromatic heterocycles. The second-order valence-electron chi connectivity index (χ2n) is 5.30. The van der Waals surface area contributed by atoms with Crippen LogP contribution in [0.4, 0.5) is 0 Å². The minimum absolute atomic E-state index is 0.183. The van der Waals surface area contributed by atoms with Crippen LogP contribution in [0.1, 0.15) is 11.1 Å². The molecular weight excluding hydrogens is 390 g/mol. The first-order valence-electron chi connectivity index (χ1n) is 7.40. The summed E-state index contributed by atoms with van der Waals surface area (Å²) in [6, 6.07) is 10.7. The first-order chi connectivity index (χ1) is 12.1. The lowest BCUT2D eigenvalue weighted by atomic mass is 10.2. The number of nitrogens with zero attached hydrogens (tertiary/aromatic N) is 1. The zero-order chi connectivity index (χ0) is 17.4. The van der Waals surface area contributed by atoms with E-state index in [2.05, 4.69) is 20.9 Å². The molecule has 0 amide bonds. The Kier molecular flexibility index (Phi) is 3.93. The van der Waals surface area contributed by atoms with Crippen LogP contribution in [0.5, 0.6) is 17.2 Å². The normalized spacial score (nSPS) is 16.8. The van der Waals surface area contributed by atoms with Gasteiger partial charge in [-0.3, -0.25) is 0 Å². The van der Waals surface area contributed by atoms with Crippen LogP contribution in [0.15, 0.2) is 51.6 Å². The number of ether oxygens (including phenoxy) is 4. The van der Waals surface area contributed by atoms with Crippen molar-refractivity contribution in [2.24, 2.45) is 4.99 Å². The molecule has 6 nitrogen and oxygen atoms in total. The quantitative estimate of drug-likeness (QED) is 0.581. The van der Waals surface area contributed by atoms with E-state index in [0.717, 1.165) is 10.0 Å². The second kappa shape index (κ2) is 6.25. The fraction of sp³-hybridized carbons (Fsp3) is 0.111. The highest BCUT2D eigenvalue weighted by Gasteiger charge is 2.26. The van der Waals surface area contributed by atoms with Crippen molar-refractivity contribution in [3.05, 3.63) is 57.7 Å². The van der Waals surface area contributed by atoms with Crippen molar-refractivity contribution in [2.75, 3.05) is 13.9 Å². The van der Waals surface area contributed by atoms with Gasteiger partial charge in [0.25, 0.3) is 0 Å². The van der Waals surface area contributed by atoms with Crippen LogP contribution in [0, 0.1) is 0 Å². The summed E-state index contributed by atoms with van der Waals surface area (Å²) in [5.41, 5.74) is 1.68. The van der Waals surface area contributed by atoms with Gasteiger partial charge in [0.05, 0.1) is 11.6 Å². The van der Waals surface area contributed by atoms with E-state index in [0.29, 0.717) is 22.8 Å². The number of fused-ring (bicyclic) bond motifs is 1. The molecule has 2 aromatic rings. The predicted octanol–water partition coefficient (Wildman–Crippen LogP) is 3.53. The van der Waals surface area contributed by atoms with E-state index >= 15 is 0 Å². The Morgan fingerprint density at radius 2 is 2.00 bits per heavy atom. The fourth-order valence-electron chi connectivity index (χ4n) is 2.49. The highest BCUT2D eigenvalue weighted by Crippen LogP contribution is 2.34. The number of carbonyl (C=O) groups is 1. The molecule has 0 saturated heterocycles. The summed E-state index contributed by atoms with van der Waals surface area (Å²) in [7, 11) is 1.59. The maximum atomic E-state index is 12.1. The summed E-state index contributed by atoms with van der Waals surface area (Å²) in [4.78, 5) is 16.4. The Balaban J connectivity index is 1.65. The van der Waals surface area contributed by atoms with Crippen LogP contribution in [-0.4, -0.2) is 25.8 Å². The molecule has 2 aromatic carbocycles. The van der Waals surface area contributed by atoms with Crippen molar-refractivity contribution in [3.63, 3.8) is 0 Å². The summed E-state index contributed by atoms with van der Waals surface area (Å²) >= 11 is 3.42. The molecule has 25 heavy (non-hydrogen) atoms. The van der Waals surface area contributed by atoms with Gasteiger partial charge in [0, 0.05) is 5.56 Å². The van der Waals surface area contributed by atoms with Gasteiger partial charge in [0.2, 0.25) is 12.7 Å². The molecule has 0 aliphatic carbocycles. The molecule has 0 unspecified atom stereocenters. The highest BCUT2D eigenvalue weighted by atomic mass is 79.9. The van der Waals surface area contributed by atoms with Gasteiger partial charge >= 0.3 is 5.97 Å². The van der Waals surface area contributed by atoms with Gasteiger partial charge in [-0.2, -0.15) is 0 Å². The standard InChI is InChI=1S/C18H12BrNO5/c1-22-14-4-2-10(6-12(14)19)7-13-18(21)25-17(20-13)11-3-5-15-16(8-11)24-9-23-15/h2-8H,9H2,1H3/b13-7-. The van der Waals surface area contributed by atoms with Gasteiger partial charge in [-0.25, -0.2) is 9.79 Å². The average molecular weight is 402 g/mol. The molecule has 0 N–H and O–H groups in total. The third kappa shape index (κ3) is 2.98. The average Bonchev–Trinajstić information content (AvgIpc) is 3.21. The molecule has 4 rings (SSSR count). The zero-order valence-electron chi connectivity index (χ0n) is 13.1. The molecule has 126 valence electrons. The molecule has 0 spiro atoms. The largest absolute Gasteiger partial charge is 0.496 e. The molecule has 2 heterocycles. The molecule has 0 fully saturated rings. The van der Waals surface area contributed by atoms with Gasteiger partial charge in [-0.05, 0) is 57.9 Å². The fourth-order valence-corrected chi connectivity index (χ4v) is 3.05. The molecule has 0 atom stereocenters. The Morgan fingerprint density at radius 1 is 1.16 bits per heavy atom. The summed E-state index contributed by atoms with van der Waals surface area (Å²) < 4.78 is 21.9. The smallest absolute Gasteiger partial charge is 0.363 e. The number of hydrogen-bond donors (Lipinski definition) is 0. The lowest BCUT2D eigenvalue weighted by molar-refractivity contribution is -0.129. The Labute approximate surface area is 151 Å². The number of esters is 1. The molecule has 7 heteroatoms. The van der Waals surface area contributed by atoms with Crippen LogP contribution in [0.25, 0.3) is 6.08 Å². The number of cyclic esters (lactones) is 1. The monoisotopic (exact) mass is 401 g/mol. The second-order valence-corrected chi connectivity index (χ2v) is 6.15. The van der Waals surface area contributed by atoms with Crippen LogP contribution in [0.2, 0.25) is 0 Å². The molecule has 0 saturated carbocycles. The topological polar surface area (TPSA) is 66.3 Å². The Hall–Kier alpha value is -2.80. The Morgan fingerprint density at radius 3 is 2.80 bits per heavy atom. The lowest BCUT2D eigenvalue weighted by Gasteiger charge is -2.03. The van der Waals surface area contributed by atoms with Crippen molar-refractivity contribution in [3.8, 4) is 17.2 Å². The minimum atomic E-state index is -0.500. The number of carbonyl (C=O) groups excluding carboxylic acids is 1. The maximum Gasteiger partial charge on any atom is 0.363 e. The Bertz CT molecular complexity index is 935. The van der Waals surface area contributed by atoms with Crippen molar-refractivity contribution < 1.29 is 23.7 Å². The number of methoxy groups -OCH3 is 1. The first kappa shape index (κ1) is 15.7. The third-order valence-corrected chi connectivity index (χ3v) is 4.34. The third-order valence-electron chi connectivity index (χ3n) is 3.72. The van der Waals surface area contributed by atoms with Gasteiger partial charge in [-0.15, -0.1) is 0 Å². The molecule has 2 aliphatic heterocycles. The van der Waals surface area contributed by atoms with Crippen molar-refractivity contribution >= 4 is 33.9 Å². The van der Waals surface area contributed by atoms with Gasteiger partial charge in [0.15, 0.2) is 17.2 Å². The number of benzene rings is 2. The van der Waals surface area contributed by atoms with E-state index in [1.807, 2.05) is 12.1 Å². The number of halogens is 1. The van der Waals surface area contributed by atoms with Crippen molar-refractivity contribution in [1.82, 2.24) is 0 Å². The summed E-state index contributed by atoms with van der Waals surface area (Å²) in [5.74, 6) is 1.71.